The Morgan fingerprint density at radius 1 is 1.31 bits per heavy atom. The molecule has 2 aliphatic carbocycles. The van der Waals surface area contributed by atoms with Gasteiger partial charge >= 0.3 is 0 Å². The van der Waals surface area contributed by atoms with Crippen LogP contribution in [0.25, 0.3) is 0 Å². The summed E-state index contributed by atoms with van der Waals surface area (Å²) in [5, 5.41) is 9.75. The summed E-state index contributed by atoms with van der Waals surface area (Å²) in [6.07, 6.45) is 3.69. The Hall–Kier alpha value is -1.99. The van der Waals surface area contributed by atoms with Gasteiger partial charge in [0.15, 0.2) is 11.6 Å². The molecule has 0 heterocycles. The van der Waals surface area contributed by atoms with Gasteiger partial charge in [0, 0.05) is 30.5 Å². The van der Waals surface area contributed by atoms with Crippen LogP contribution in [0.15, 0.2) is 18.2 Å². The molecule has 1 saturated carbocycles. The van der Waals surface area contributed by atoms with Crippen molar-refractivity contribution in [3.63, 3.8) is 0 Å². The Balaban J connectivity index is 1.99. The Labute approximate surface area is 156 Å². The second-order valence-electron chi connectivity index (χ2n) is 8.72. The van der Waals surface area contributed by atoms with E-state index in [-0.39, 0.29) is 22.9 Å². The summed E-state index contributed by atoms with van der Waals surface area (Å²) in [7, 11) is 3.89. The quantitative estimate of drug-likeness (QED) is 0.769. The molecule has 1 aromatic rings. The van der Waals surface area contributed by atoms with Crippen LogP contribution in [0.3, 0.4) is 0 Å². The summed E-state index contributed by atoms with van der Waals surface area (Å²) in [4.78, 5) is 27.4. The molecule has 0 spiro atoms. The number of benzene rings is 1. The highest BCUT2D eigenvalue weighted by atomic mass is 16.1. The van der Waals surface area contributed by atoms with Gasteiger partial charge in [0.1, 0.15) is 0 Å². The third kappa shape index (κ3) is 2.99. The van der Waals surface area contributed by atoms with Crippen LogP contribution in [-0.2, 0) is 5.41 Å². The molecule has 3 rings (SSSR count). The van der Waals surface area contributed by atoms with Crippen molar-refractivity contribution in [3.8, 4) is 6.07 Å². The molecule has 1 fully saturated rings. The molecule has 0 amide bonds. The van der Waals surface area contributed by atoms with E-state index in [9.17, 15) is 14.9 Å². The van der Waals surface area contributed by atoms with Crippen molar-refractivity contribution in [2.45, 2.75) is 51.4 Å². The summed E-state index contributed by atoms with van der Waals surface area (Å²) < 4.78 is 0. The number of fused-ring (bicyclic) bond motifs is 3. The first-order chi connectivity index (χ1) is 12.2. The van der Waals surface area contributed by atoms with Crippen molar-refractivity contribution in [3.05, 3.63) is 34.9 Å². The summed E-state index contributed by atoms with van der Waals surface area (Å²) >= 11 is 0. The van der Waals surface area contributed by atoms with Crippen molar-refractivity contribution in [2.75, 3.05) is 20.6 Å². The lowest BCUT2D eigenvalue weighted by atomic mass is 9.50. The summed E-state index contributed by atoms with van der Waals surface area (Å²) in [6, 6.07) is 8.15. The molecule has 26 heavy (non-hydrogen) atoms. The van der Waals surface area contributed by atoms with Crippen molar-refractivity contribution in [2.24, 2.45) is 11.3 Å². The number of hydrogen-bond acceptors (Lipinski definition) is 4. The molecule has 4 nitrogen and oxygen atoms in total. The molecule has 0 radical (unpaired) electrons. The molecule has 0 unspecified atom stereocenters. The monoisotopic (exact) mass is 352 g/mol. The normalized spacial score (nSPS) is 30.5. The lowest BCUT2D eigenvalue weighted by Crippen LogP contribution is -2.50. The minimum atomic E-state index is -0.458. The second-order valence-corrected chi connectivity index (χ2v) is 8.72. The number of hydrogen-bond donors (Lipinski definition) is 0. The SMILES string of the molecule is CN(C)CCC(=O)c1ccc2c(c1)C(=O)C[C@H]1[C@](C)(C#N)CCC[C@]21C. The Morgan fingerprint density at radius 2 is 2.04 bits per heavy atom. The third-order valence-electron chi connectivity index (χ3n) is 6.62. The predicted molar refractivity (Wildman–Crippen MR) is 101 cm³/mol. The van der Waals surface area contributed by atoms with Gasteiger partial charge in [-0.2, -0.15) is 5.26 Å². The van der Waals surface area contributed by atoms with Crippen LogP contribution >= 0.6 is 0 Å². The van der Waals surface area contributed by atoms with Crippen LogP contribution in [0.4, 0.5) is 0 Å². The molecule has 0 aliphatic heterocycles. The molecule has 138 valence electrons. The van der Waals surface area contributed by atoms with Crippen LogP contribution in [0.5, 0.6) is 0 Å². The Bertz CT molecular complexity index is 792. The molecule has 0 aromatic heterocycles. The average Bonchev–Trinajstić information content (AvgIpc) is 2.61. The fourth-order valence-electron chi connectivity index (χ4n) is 4.99. The molecule has 1 aromatic carbocycles. The van der Waals surface area contributed by atoms with Gasteiger partial charge in [-0.3, -0.25) is 9.59 Å². The first-order valence-electron chi connectivity index (χ1n) is 9.48. The van der Waals surface area contributed by atoms with E-state index in [1.165, 1.54) is 0 Å². The molecular formula is C22H28N2O2. The van der Waals surface area contributed by atoms with Gasteiger partial charge in [-0.25, -0.2) is 0 Å². The van der Waals surface area contributed by atoms with E-state index in [1.54, 1.807) is 6.07 Å². The highest BCUT2D eigenvalue weighted by Crippen LogP contribution is 2.56. The number of carbonyl (C=O) groups is 2. The largest absolute Gasteiger partial charge is 0.309 e. The number of carbonyl (C=O) groups excluding carboxylic acids is 2. The molecule has 4 heteroatoms. The summed E-state index contributed by atoms with van der Waals surface area (Å²) in [5.41, 5.74) is 1.73. The number of Topliss-reactive ketones (excluding diaryl/α,β-unsaturated/α-hetero) is 2. The number of nitrogens with zero attached hydrogens (tertiary/aromatic N) is 2. The van der Waals surface area contributed by atoms with Crippen LogP contribution in [0.2, 0.25) is 0 Å². The topological polar surface area (TPSA) is 61.2 Å². The fraction of sp³-hybridized carbons (Fsp3) is 0.591. The number of nitriles is 1. The summed E-state index contributed by atoms with van der Waals surface area (Å²) in [6.45, 7) is 4.90. The summed E-state index contributed by atoms with van der Waals surface area (Å²) in [5.74, 6) is 0.198. The lowest BCUT2D eigenvalue weighted by Gasteiger charge is -2.52. The van der Waals surface area contributed by atoms with E-state index in [0.29, 0.717) is 30.5 Å². The van der Waals surface area contributed by atoms with E-state index >= 15 is 0 Å². The first-order valence-corrected chi connectivity index (χ1v) is 9.48. The van der Waals surface area contributed by atoms with Crippen molar-refractivity contribution in [1.82, 2.24) is 4.90 Å². The minimum absolute atomic E-state index is 0.0454. The van der Waals surface area contributed by atoms with Gasteiger partial charge in [0.05, 0.1) is 11.5 Å². The highest BCUT2D eigenvalue weighted by Gasteiger charge is 2.54. The van der Waals surface area contributed by atoms with Crippen molar-refractivity contribution < 1.29 is 9.59 Å². The van der Waals surface area contributed by atoms with E-state index in [0.717, 1.165) is 24.8 Å². The van der Waals surface area contributed by atoms with Gasteiger partial charge < -0.3 is 4.90 Å². The Kier molecular flexibility index (Phi) is 4.79. The van der Waals surface area contributed by atoms with E-state index in [4.69, 9.17) is 0 Å². The van der Waals surface area contributed by atoms with E-state index < -0.39 is 5.41 Å². The Morgan fingerprint density at radius 3 is 2.69 bits per heavy atom. The maximum Gasteiger partial charge on any atom is 0.164 e. The zero-order valence-corrected chi connectivity index (χ0v) is 16.3. The van der Waals surface area contributed by atoms with Crippen LogP contribution in [-0.4, -0.2) is 37.1 Å². The van der Waals surface area contributed by atoms with Crippen molar-refractivity contribution >= 4 is 11.6 Å². The maximum absolute atomic E-state index is 12.9. The van der Waals surface area contributed by atoms with Gasteiger partial charge in [-0.05, 0) is 56.8 Å². The standard InChI is InChI=1S/C22H28N2O2/c1-21(14-23)9-5-10-22(2)17-7-6-15(18(25)8-11-24(3)4)12-16(17)19(26)13-20(21)22/h6-7,12,20H,5,8-11,13H2,1-4H3/t20-,21-,22+/m0/s1. The van der Waals surface area contributed by atoms with Crippen LogP contribution in [0.1, 0.15) is 72.2 Å². The lowest BCUT2D eigenvalue weighted by molar-refractivity contribution is 0.0556. The molecule has 0 saturated heterocycles. The molecule has 0 bridgehead atoms. The predicted octanol–water partition coefficient (Wildman–Crippen LogP) is 4.00. The van der Waals surface area contributed by atoms with Gasteiger partial charge in [-0.15, -0.1) is 0 Å². The zero-order chi connectivity index (χ0) is 19.1. The average molecular weight is 352 g/mol. The maximum atomic E-state index is 12.9. The number of rotatable bonds is 4. The number of ketones is 2. The van der Waals surface area contributed by atoms with E-state index in [2.05, 4.69) is 13.0 Å². The molecule has 0 N–H and O–H groups in total. The first kappa shape index (κ1) is 18.8. The second kappa shape index (κ2) is 6.63. The molecule has 2 aliphatic rings. The fourth-order valence-corrected chi connectivity index (χ4v) is 4.99. The van der Waals surface area contributed by atoms with Gasteiger partial charge in [-0.1, -0.05) is 25.5 Å². The van der Waals surface area contributed by atoms with Gasteiger partial charge in [0.25, 0.3) is 0 Å². The third-order valence-corrected chi connectivity index (χ3v) is 6.62. The van der Waals surface area contributed by atoms with Gasteiger partial charge in [0.2, 0.25) is 0 Å². The van der Waals surface area contributed by atoms with E-state index in [1.807, 2.05) is 38.1 Å². The smallest absolute Gasteiger partial charge is 0.164 e. The van der Waals surface area contributed by atoms with Crippen LogP contribution < -0.4 is 0 Å². The van der Waals surface area contributed by atoms with Crippen molar-refractivity contribution in [1.29, 1.82) is 5.26 Å². The molecule has 3 atom stereocenters. The highest BCUT2D eigenvalue weighted by molar-refractivity contribution is 6.03. The van der Waals surface area contributed by atoms with Crippen LogP contribution in [0, 0.1) is 22.7 Å². The minimum Gasteiger partial charge on any atom is -0.309 e. The molecular weight excluding hydrogens is 324 g/mol. The zero-order valence-electron chi connectivity index (χ0n) is 16.3.